The zero-order chi connectivity index (χ0) is 16.9. The van der Waals surface area contributed by atoms with Crippen LogP contribution in [0, 0.1) is 4.91 Å². The molecular weight excluding hydrogens is 326 g/mol. The van der Waals surface area contributed by atoms with Gasteiger partial charge in [0, 0.05) is 26.2 Å². The van der Waals surface area contributed by atoms with Crippen molar-refractivity contribution in [2.45, 2.75) is 19.0 Å². The quantitative estimate of drug-likeness (QED) is 0.407. The SMILES string of the molecule is O=N[C@@H]1CCCN1C(=O)CNCCS(=O)(=O)N1CCNC(=O)C1. The number of likely N-dealkylation sites (tertiary alicyclic amines) is 1. The maximum atomic E-state index is 12.1. The van der Waals surface area contributed by atoms with Gasteiger partial charge in [-0.05, 0) is 18.0 Å². The molecule has 2 N–H and O–H groups in total. The van der Waals surface area contributed by atoms with Gasteiger partial charge in [-0.2, -0.15) is 4.31 Å². The van der Waals surface area contributed by atoms with Crippen molar-refractivity contribution in [3.8, 4) is 0 Å². The van der Waals surface area contributed by atoms with E-state index in [0.29, 0.717) is 19.5 Å². The van der Waals surface area contributed by atoms with Crippen molar-refractivity contribution in [1.29, 1.82) is 0 Å². The smallest absolute Gasteiger partial charge is 0.238 e. The highest BCUT2D eigenvalue weighted by Crippen LogP contribution is 2.17. The van der Waals surface area contributed by atoms with Crippen LogP contribution >= 0.6 is 0 Å². The fourth-order valence-electron chi connectivity index (χ4n) is 2.63. The van der Waals surface area contributed by atoms with Crippen molar-refractivity contribution in [2.75, 3.05) is 45.0 Å². The van der Waals surface area contributed by atoms with E-state index in [-0.39, 0.29) is 43.7 Å². The number of piperazine rings is 1. The average molecular weight is 347 g/mol. The molecule has 0 spiro atoms. The van der Waals surface area contributed by atoms with Gasteiger partial charge < -0.3 is 15.5 Å². The van der Waals surface area contributed by atoms with E-state index < -0.39 is 16.2 Å². The molecule has 0 aliphatic carbocycles. The molecule has 0 bridgehead atoms. The van der Waals surface area contributed by atoms with Gasteiger partial charge in [0.05, 0.1) is 18.8 Å². The van der Waals surface area contributed by atoms with Crippen LogP contribution in [0.2, 0.25) is 0 Å². The van der Waals surface area contributed by atoms with E-state index in [1.165, 1.54) is 4.90 Å². The molecule has 2 saturated heterocycles. The highest BCUT2D eigenvalue weighted by molar-refractivity contribution is 7.89. The van der Waals surface area contributed by atoms with Gasteiger partial charge in [-0.3, -0.25) is 9.59 Å². The third-order valence-electron chi connectivity index (χ3n) is 3.87. The lowest BCUT2D eigenvalue weighted by Crippen LogP contribution is -2.51. The summed E-state index contributed by atoms with van der Waals surface area (Å²) in [5.41, 5.74) is 0. The first-order chi connectivity index (χ1) is 10.9. The Morgan fingerprint density at radius 3 is 2.87 bits per heavy atom. The topological polar surface area (TPSA) is 128 Å². The van der Waals surface area contributed by atoms with Crippen LogP contribution in [0.25, 0.3) is 0 Å². The van der Waals surface area contributed by atoms with Crippen LogP contribution < -0.4 is 10.6 Å². The molecule has 0 aromatic rings. The van der Waals surface area contributed by atoms with Gasteiger partial charge in [0.15, 0.2) is 6.17 Å². The minimum Gasteiger partial charge on any atom is -0.354 e. The average Bonchev–Trinajstić information content (AvgIpc) is 3.00. The summed E-state index contributed by atoms with van der Waals surface area (Å²) in [4.78, 5) is 35.2. The Kier molecular flexibility index (Phi) is 6.02. The second-order valence-corrected chi connectivity index (χ2v) is 7.58. The van der Waals surface area contributed by atoms with E-state index in [1.807, 2.05) is 0 Å². The molecule has 11 heteroatoms. The van der Waals surface area contributed by atoms with Crippen molar-refractivity contribution in [1.82, 2.24) is 19.8 Å². The summed E-state index contributed by atoms with van der Waals surface area (Å²) in [6.07, 6.45) is 0.702. The Hall–Kier alpha value is -1.59. The predicted molar refractivity (Wildman–Crippen MR) is 81.8 cm³/mol. The van der Waals surface area contributed by atoms with Crippen LogP contribution in [0.1, 0.15) is 12.8 Å². The van der Waals surface area contributed by atoms with E-state index in [1.54, 1.807) is 0 Å². The minimum atomic E-state index is -3.53. The lowest BCUT2D eigenvalue weighted by atomic mass is 10.3. The third kappa shape index (κ3) is 4.69. The van der Waals surface area contributed by atoms with E-state index >= 15 is 0 Å². The fraction of sp³-hybridized carbons (Fsp3) is 0.833. The van der Waals surface area contributed by atoms with Gasteiger partial charge >= 0.3 is 0 Å². The Morgan fingerprint density at radius 2 is 2.17 bits per heavy atom. The third-order valence-corrected chi connectivity index (χ3v) is 5.69. The Morgan fingerprint density at radius 1 is 1.39 bits per heavy atom. The van der Waals surface area contributed by atoms with Crippen LogP contribution in [-0.4, -0.2) is 80.6 Å². The second-order valence-electron chi connectivity index (χ2n) is 5.49. The molecule has 2 rings (SSSR count). The molecule has 0 radical (unpaired) electrons. The predicted octanol–water partition coefficient (Wildman–Crippen LogP) is -1.95. The van der Waals surface area contributed by atoms with E-state index in [4.69, 9.17) is 0 Å². The largest absolute Gasteiger partial charge is 0.354 e. The number of sulfonamides is 1. The van der Waals surface area contributed by atoms with Crippen molar-refractivity contribution in [2.24, 2.45) is 5.18 Å². The van der Waals surface area contributed by atoms with Crippen molar-refractivity contribution >= 4 is 21.8 Å². The molecule has 2 aliphatic rings. The number of hydrogen-bond donors (Lipinski definition) is 2. The highest BCUT2D eigenvalue weighted by Gasteiger charge is 2.30. The van der Waals surface area contributed by atoms with Gasteiger partial charge in [-0.1, -0.05) is 0 Å². The van der Waals surface area contributed by atoms with Crippen LogP contribution in [0.4, 0.5) is 0 Å². The summed E-state index contributed by atoms with van der Waals surface area (Å²) in [5.74, 6) is -0.769. The summed E-state index contributed by atoms with van der Waals surface area (Å²) in [6.45, 7) is 0.952. The second kappa shape index (κ2) is 7.79. The molecule has 10 nitrogen and oxygen atoms in total. The van der Waals surface area contributed by atoms with Crippen LogP contribution in [-0.2, 0) is 19.6 Å². The molecule has 0 unspecified atom stereocenters. The Bertz CT molecular complexity index is 566. The maximum absolute atomic E-state index is 12.1. The van der Waals surface area contributed by atoms with Crippen molar-refractivity contribution in [3.05, 3.63) is 4.91 Å². The molecule has 2 heterocycles. The zero-order valence-electron chi connectivity index (χ0n) is 12.7. The molecule has 23 heavy (non-hydrogen) atoms. The molecule has 2 amide bonds. The molecule has 0 saturated carbocycles. The number of hydrogen-bond acceptors (Lipinski definition) is 7. The van der Waals surface area contributed by atoms with Gasteiger partial charge in [0.2, 0.25) is 21.8 Å². The summed E-state index contributed by atoms with van der Waals surface area (Å²) in [6, 6.07) is 0. The number of carbonyl (C=O) groups excluding carboxylic acids is 2. The summed E-state index contributed by atoms with van der Waals surface area (Å²) in [5, 5.41) is 8.25. The van der Waals surface area contributed by atoms with Crippen molar-refractivity contribution in [3.63, 3.8) is 0 Å². The Balaban J connectivity index is 1.73. The first-order valence-electron chi connectivity index (χ1n) is 7.51. The number of nitrogens with zero attached hydrogens (tertiary/aromatic N) is 3. The number of rotatable bonds is 7. The zero-order valence-corrected chi connectivity index (χ0v) is 13.5. The maximum Gasteiger partial charge on any atom is 0.238 e. The molecule has 2 aliphatic heterocycles. The molecule has 0 aromatic heterocycles. The van der Waals surface area contributed by atoms with Gasteiger partial charge in [0.1, 0.15) is 0 Å². The standard InChI is InChI=1S/C12H21N5O5S/c18-11-9-16(6-3-14-11)23(21,22)7-4-13-8-12(19)17-5-1-2-10(17)15-20/h10,13H,1-9H2,(H,14,18)/t10-/m0/s1. The molecule has 0 aromatic carbocycles. The van der Waals surface area contributed by atoms with Gasteiger partial charge in [-0.25, -0.2) is 8.42 Å². The fourth-order valence-corrected chi connectivity index (χ4v) is 3.97. The number of carbonyl (C=O) groups is 2. The van der Waals surface area contributed by atoms with Crippen molar-refractivity contribution < 1.29 is 18.0 Å². The first kappa shape index (κ1) is 17.8. The van der Waals surface area contributed by atoms with Crippen LogP contribution in [0.5, 0.6) is 0 Å². The molecular formula is C12H21N5O5S. The number of nitrogens with one attached hydrogen (secondary N) is 2. The van der Waals surface area contributed by atoms with E-state index in [9.17, 15) is 22.9 Å². The monoisotopic (exact) mass is 347 g/mol. The molecule has 130 valence electrons. The van der Waals surface area contributed by atoms with Gasteiger partial charge in [-0.15, -0.1) is 4.91 Å². The van der Waals surface area contributed by atoms with Crippen LogP contribution in [0.15, 0.2) is 5.18 Å². The van der Waals surface area contributed by atoms with E-state index in [0.717, 1.165) is 10.7 Å². The number of amides is 2. The lowest BCUT2D eigenvalue weighted by Gasteiger charge is -2.26. The minimum absolute atomic E-state index is 0.0397. The van der Waals surface area contributed by atoms with Crippen LogP contribution in [0.3, 0.4) is 0 Å². The van der Waals surface area contributed by atoms with E-state index in [2.05, 4.69) is 15.8 Å². The Labute approximate surface area is 134 Å². The van der Waals surface area contributed by atoms with Gasteiger partial charge in [0.25, 0.3) is 0 Å². The first-order valence-corrected chi connectivity index (χ1v) is 9.12. The lowest BCUT2D eigenvalue weighted by molar-refractivity contribution is -0.130. The normalized spacial score (nSPS) is 22.9. The summed E-state index contributed by atoms with van der Waals surface area (Å²) < 4.78 is 25.3. The number of nitroso groups, excluding NO2 is 1. The summed E-state index contributed by atoms with van der Waals surface area (Å²) >= 11 is 0. The molecule has 1 atom stereocenters. The highest BCUT2D eigenvalue weighted by atomic mass is 32.2. The summed E-state index contributed by atoms with van der Waals surface area (Å²) in [7, 11) is -3.53. The molecule has 2 fully saturated rings.